The SMILES string of the molecule is CC1(O)CNCC1C1CCOCC1. The molecule has 2 aliphatic heterocycles. The van der Waals surface area contributed by atoms with Crippen LogP contribution in [0, 0.1) is 11.8 Å². The summed E-state index contributed by atoms with van der Waals surface area (Å²) in [6, 6.07) is 0. The molecule has 2 fully saturated rings. The van der Waals surface area contributed by atoms with Crippen LogP contribution in [0.15, 0.2) is 0 Å². The Morgan fingerprint density at radius 1 is 1.38 bits per heavy atom. The van der Waals surface area contributed by atoms with Gasteiger partial charge < -0.3 is 15.2 Å². The number of ether oxygens (including phenoxy) is 1. The van der Waals surface area contributed by atoms with Gasteiger partial charge in [-0.2, -0.15) is 0 Å². The van der Waals surface area contributed by atoms with Crippen molar-refractivity contribution in [1.82, 2.24) is 5.32 Å². The van der Waals surface area contributed by atoms with Crippen LogP contribution >= 0.6 is 0 Å². The van der Waals surface area contributed by atoms with Gasteiger partial charge in [0.1, 0.15) is 0 Å². The van der Waals surface area contributed by atoms with Crippen LogP contribution in [-0.2, 0) is 4.74 Å². The predicted molar refractivity (Wildman–Crippen MR) is 50.5 cm³/mol. The Bertz CT molecular complexity index is 176. The first-order chi connectivity index (χ1) is 6.20. The lowest BCUT2D eigenvalue weighted by molar-refractivity contribution is -0.0247. The van der Waals surface area contributed by atoms with Gasteiger partial charge in [0, 0.05) is 32.2 Å². The lowest BCUT2D eigenvalue weighted by Gasteiger charge is -2.34. The van der Waals surface area contributed by atoms with E-state index in [1.54, 1.807) is 0 Å². The molecular weight excluding hydrogens is 166 g/mol. The maximum absolute atomic E-state index is 10.1. The summed E-state index contributed by atoms with van der Waals surface area (Å²) in [7, 11) is 0. The lowest BCUT2D eigenvalue weighted by Crippen LogP contribution is -2.40. The molecule has 0 saturated carbocycles. The second-order valence-electron chi connectivity index (χ2n) is 4.54. The summed E-state index contributed by atoms with van der Waals surface area (Å²) in [5, 5.41) is 13.4. The average molecular weight is 185 g/mol. The van der Waals surface area contributed by atoms with Crippen LogP contribution in [0.4, 0.5) is 0 Å². The van der Waals surface area contributed by atoms with E-state index in [0.717, 1.165) is 39.1 Å². The Morgan fingerprint density at radius 2 is 2.08 bits per heavy atom. The van der Waals surface area contributed by atoms with E-state index >= 15 is 0 Å². The molecule has 0 aliphatic carbocycles. The summed E-state index contributed by atoms with van der Waals surface area (Å²) in [6.45, 7) is 5.41. The Hall–Kier alpha value is -0.120. The quantitative estimate of drug-likeness (QED) is 0.620. The van der Waals surface area contributed by atoms with Crippen LogP contribution in [0.2, 0.25) is 0 Å². The van der Waals surface area contributed by atoms with Crippen LogP contribution in [-0.4, -0.2) is 37.0 Å². The second kappa shape index (κ2) is 3.56. The molecule has 2 saturated heterocycles. The van der Waals surface area contributed by atoms with Crippen molar-refractivity contribution in [1.29, 1.82) is 0 Å². The first kappa shape index (κ1) is 9.44. The molecule has 2 atom stereocenters. The second-order valence-corrected chi connectivity index (χ2v) is 4.54. The molecule has 2 rings (SSSR count). The molecule has 0 aromatic carbocycles. The van der Waals surface area contributed by atoms with Gasteiger partial charge in [-0.15, -0.1) is 0 Å². The fourth-order valence-electron chi connectivity index (χ4n) is 2.62. The summed E-state index contributed by atoms with van der Waals surface area (Å²) in [5.74, 6) is 1.08. The van der Waals surface area contributed by atoms with Crippen LogP contribution in [0.25, 0.3) is 0 Å². The van der Waals surface area contributed by atoms with E-state index in [-0.39, 0.29) is 0 Å². The zero-order chi connectivity index (χ0) is 9.31. The standard InChI is InChI=1S/C10H19NO2/c1-10(12)7-11-6-9(10)8-2-4-13-5-3-8/h8-9,11-12H,2-7H2,1H3. The van der Waals surface area contributed by atoms with Gasteiger partial charge in [-0.3, -0.25) is 0 Å². The van der Waals surface area contributed by atoms with Crippen molar-refractivity contribution < 1.29 is 9.84 Å². The smallest absolute Gasteiger partial charge is 0.0786 e. The molecule has 0 amide bonds. The molecule has 2 heterocycles. The van der Waals surface area contributed by atoms with Crippen molar-refractivity contribution >= 4 is 0 Å². The van der Waals surface area contributed by atoms with E-state index < -0.39 is 5.60 Å². The van der Waals surface area contributed by atoms with Gasteiger partial charge in [0.25, 0.3) is 0 Å². The van der Waals surface area contributed by atoms with Gasteiger partial charge in [0.2, 0.25) is 0 Å². The zero-order valence-electron chi connectivity index (χ0n) is 8.25. The van der Waals surface area contributed by atoms with Crippen LogP contribution in [0.3, 0.4) is 0 Å². The van der Waals surface area contributed by atoms with Gasteiger partial charge in [0.05, 0.1) is 5.60 Å². The van der Waals surface area contributed by atoms with Gasteiger partial charge in [-0.05, 0) is 25.7 Å². The molecule has 2 aliphatic rings. The lowest BCUT2D eigenvalue weighted by atomic mass is 9.78. The molecule has 3 nitrogen and oxygen atoms in total. The summed E-state index contributed by atoms with van der Waals surface area (Å²) in [6.07, 6.45) is 2.23. The van der Waals surface area contributed by atoms with Crippen molar-refractivity contribution in [2.75, 3.05) is 26.3 Å². The van der Waals surface area contributed by atoms with Gasteiger partial charge in [-0.1, -0.05) is 0 Å². The van der Waals surface area contributed by atoms with Crippen molar-refractivity contribution in [3.05, 3.63) is 0 Å². The maximum Gasteiger partial charge on any atom is 0.0786 e. The highest BCUT2D eigenvalue weighted by Crippen LogP contribution is 2.34. The number of hydrogen-bond donors (Lipinski definition) is 2. The van der Waals surface area contributed by atoms with Crippen LogP contribution in [0.5, 0.6) is 0 Å². The molecule has 0 radical (unpaired) electrons. The van der Waals surface area contributed by atoms with E-state index in [4.69, 9.17) is 4.74 Å². The molecule has 2 N–H and O–H groups in total. The van der Waals surface area contributed by atoms with Crippen LogP contribution in [0.1, 0.15) is 19.8 Å². The largest absolute Gasteiger partial charge is 0.389 e. The van der Waals surface area contributed by atoms with E-state index in [1.165, 1.54) is 0 Å². The average Bonchev–Trinajstić information content (AvgIpc) is 2.47. The minimum absolute atomic E-state index is 0.427. The molecule has 0 bridgehead atoms. The Kier molecular flexibility index (Phi) is 2.58. The third-order valence-corrected chi connectivity index (χ3v) is 3.48. The molecule has 76 valence electrons. The molecular formula is C10H19NO2. The fraction of sp³-hybridized carbons (Fsp3) is 1.00. The normalized spacial score (nSPS) is 42.5. The number of aliphatic hydroxyl groups is 1. The van der Waals surface area contributed by atoms with Gasteiger partial charge in [0.15, 0.2) is 0 Å². The summed E-state index contributed by atoms with van der Waals surface area (Å²) in [4.78, 5) is 0. The molecule has 2 unspecified atom stereocenters. The summed E-state index contributed by atoms with van der Waals surface area (Å²) in [5.41, 5.74) is -0.498. The van der Waals surface area contributed by atoms with Gasteiger partial charge in [-0.25, -0.2) is 0 Å². The highest BCUT2D eigenvalue weighted by molar-refractivity contribution is 4.95. The third-order valence-electron chi connectivity index (χ3n) is 3.48. The number of hydrogen-bond acceptors (Lipinski definition) is 3. The third kappa shape index (κ3) is 1.87. The van der Waals surface area contributed by atoms with Crippen molar-refractivity contribution in [3.63, 3.8) is 0 Å². The van der Waals surface area contributed by atoms with E-state index in [0.29, 0.717) is 11.8 Å². The summed E-state index contributed by atoms with van der Waals surface area (Å²) < 4.78 is 5.33. The highest BCUT2D eigenvalue weighted by atomic mass is 16.5. The maximum atomic E-state index is 10.1. The van der Waals surface area contributed by atoms with E-state index in [1.807, 2.05) is 6.92 Å². The molecule has 0 aromatic rings. The number of rotatable bonds is 1. The minimum atomic E-state index is -0.498. The molecule has 0 aromatic heterocycles. The monoisotopic (exact) mass is 185 g/mol. The van der Waals surface area contributed by atoms with Crippen molar-refractivity contribution in [2.45, 2.75) is 25.4 Å². The fourth-order valence-corrected chi connectivity index (χ4v) is 2.62. The Labute approximate surface area is 79.5 Å². The highest BCUT2D eigenvalue weighted by Gasteiger charge is 2.41. The van der Waals surface area contributed by atoms with Crippen molar-refractivity contribution in [2.24, 2.45) is 11.8 Å². The van der Waals surface area contributed by atoms with E-state index in [2.05, 4.69) is 5.32 Å². The number of nitrogens with one attached hydrogen (secondary N) is 1. The summed E-state index contributed by atoms with van der Waals surface area (Å²) >= 11 is 0. The molecule has 3 heteroatoms. The van der Waals surface area contributed by atoms with E-state index in [9.17, 15) is 5.11 Å². The zero-order valence-corrected chi connectivity index (χ0v) is 8.25. The van der Waals surface area contributed by atoms with Crippen LogP contribution < -0.4 is 5.32 Å². The van der Waals surface area contributed by atoms with Crippen molar-refractivity contribution in [3.8, 4) is 0 Å². The topological polar surface area (TPSA) is 41.5 Å². The Morgan fingerprint density at radius 3 is 2.62 bits per heavy atom. The predicted octanol–water partition coefficient (Wildman–Crippen LogP) is 0.383. The van der Waals surface area contributed by atoms with Gasteiger partial charge >= 0.3 is 0 Å². The molecule has 0 spiro atoms. The first-order valence-electron chi connectivity index (χ1n) is 5.21. The first-order valence-corrected chi connectivity index (χ1v) is 5.21. The minimum Gasteiger partial charge on any atom is -0.389 e. The Balaban J connectivity index is 1.98. The number of β-amino-alcohol motifs (C(OH)–C–C–N with tert-alkyl or cyclic N) is 1. The molecule has 13 heavy (non-hydrogen) atoms.